The Labute approximate surface area is 370 Å². The van der Waals surface area contributed by atoms with Crippen LogP contribution in [0.25, 0.3) is 44.8 Å². The fraction of sp³-hybridized carbons (Fsp3) is 0.0820. The third kappa shape index (κ3) is 6.09. The molecular weight excluding hydrogens is 761 g/mol. The zero-order chi connectivity index (χ0) is 41.7. The molecule has 3 aliphatic carbocycles. The van der Waals surface area contributed by atoms with E-state index in [0.29, 0.717) is 6.04 Å². The molecule has 12 rings (SSSR count). The number of para-hydroxylation sites is 2. The normalized spacial score (nSPS) is 15.7. The first-order chi connectivity index (χ1) is 31.3. The van der Waals surface area contributed by atoms with Gasteiger partial charge in [-0.25, -0.2) is 0 Å². The SMILES string of the molecule is C1=CCC(n2c3c(c4ccccc42)C=C(c2cccc(-c4cccc(N(c5ccccc5)c5ccc6c(c5)-c5ccccc5C6(c5ccccc5)c5ccccc5)c4)c2)CC3)C=C1. The summed E-state index contributed by atoms with van der Waals surface area (Å²) in [6, 6.07) is 76.6. The Morgan fingerprint density at radius 2 is 1.11 bits per heavy atom. The Balaban J connectivity index is 0.951. The van der Waals surface area contributed by atoms with Gasteiger partial charge in [-0.1, -0.05) is 182 Å². The highest BCUT2D eigenvalue weighted by Crippen LogP contribution is 2.57. The minimum atomic E-state index is -0.438. The number of allylic oxidation sites excluding steroid dienone is 5. The number of rotatable bonds is 8. The lowest BCUT2D eigenvalue weighted by atomic mass is 9.68. The molecule has 0 bridgehead atoms. The molecule has 3 aliphatic rings. The number of aromatic nitrogens is 1. The summed E-state index contributed by atoms with van der Waals surface area (Å²) in [7, 11) is 0. The predicted molar refractivity (Wildman–Crippen MR) is 264 cm³/mol. The zero-order valence-electron chi connectivity index (χ0n) is 35.1. The molecule has 300 valence electrons. The quantitative estimate of drug-likeness (QED) is 0.148. The Kier molecular flexibility index (Phi) is 9.04. The van der Waals surface area contributed by atoms with Crippen molar-refractivity contribution < 1.29 is 0 Å². The first kappa shape index (κ1) is 37.1. The van der Waals surface area contributed by atoms with Gasteiger partial charge in [0.2, 0.25) is 0 Å². The highest BCUT2D eigenvalue weighted by Gasteiger charge is 2.46. The fourth-order valence-corrected chi connectivity index (χ4v) is 10.9. The van der Waals surface area contributed by atoms with Gasteiger partial charge in [0.15, 0.2) is 0 Å². The minimum Gasteiger partial charge on any atom is -0.337 e. The molecule has 0 fully saturated rings. The molecule has 0 spiro atoms. The van der Waals surface area contributed by atoms with E-state index in [9.17, 15) is 0 Å². The van der Waals surface area contributed by atoms with Crippen LogP contribution in [0.2, 0.25) is 0 Å². The first-order valence-corrected chi connectivity index (χ1v) is 22.3. The molecule has 0 radical (unpaired) electrons. The summed E-state index contributed by atoms with van der Waals surface area (Å²) in [4.78, 5) is 2.42. The molecule has 1 atom stereocenters. The summed E-state index contributed by atoms with van der Waals surface area (Å²) in [6.07, 6.45) is 14.6. The van der Waals surface area contributed by atoms with Crippen molar-refractivity contribution in [1.82, 2.24) is 4.57 Å². The summed E-state index contributed by atoms with van der Waals surface area (Å²) >= 11 is 0. The summed E-state index contributed by atoms with van der Waals surface area (Å²) in [5, 5.41) is 1.35. The van der Waals surface area contributed by atoms with E-state index in [1.54, 1.807) is 0 Å². The second-order valence-corrected chi connectivity index (χ2v) is 17.1. The zero-order valence-corrected chi connectivity index (χ0v) is 35.1. The van der Waals surface area contributed by atoms with E-state index in [1.165, 1.54) is 77.8 Å². The summed E-state index contributed by atoms with van der Waals surface area (Å²) < 4.78 is 2.60. The maximum atomic E-state index is 2.60. The number of anilines is 3. The van der Waals surface area contributed by atoms with Gasteiger partial charge >= 0.3 is 0 Å². The van der Waals surface area contributed by atoms with Gasteiger partial charge in [-0.05, 0) is 130 Å². The second kappa shape index (κ2) is 15.3. The largest absolute Gasteiger partial charge is 0.337 e. The monoisotopic (exact) mass is 806 g/mol. The van der Waals surface area contributed by atoms with Crippen LogP contribution in [0.3, 0.4) is 0 Å². The molecule has 0 amide bonds. The molecule has 0 N–H and O–H groups in total. The van der Waals surface area contributed by atoms with Crippen LogP contribution in [0.1, 0.15) is 58.0 Å². The van der Waals surface area contributed by atoms with Crippen molar-refractivity contribution in [3.05, 3.63) is 270 Å². The molecule has 1 heterocycles. The first-order valence-electron chi connectivity index (χ1n) is 22.3. The van der Waals surface area contributed by atoms with Gasteiger partial charge in [0.1, 0.15) is 0 Å². The van der Waals surface area contributed by atoms with Crippen LogP contribution >= 0.6 is 0 Å². The van der Waals surface area contributed by atoms with Crippen LogP contribution in [0, 0.1) is 0 Å². The third-order valence-corrected chi connectivity index (χ3v) is 13.7. The molecule has 9 aromatic rings. The average molecular weight is 807 g/mol. The maximum Gasteiger partial charge on any atom is 0.0713 e. The molecule has 0 aliphatic heterocycles. The van der Waals surface area contributed by atoms with Crippen LogP contribution in [-0.4, -0.2) is 4.57 Å². The molecule has 1 unspecified atom stereocenters. The highest BCUT2D eigenvalue weighted by atomic mass is 15.1. The van der Waals surface area contributed by atoms with Crippen LogP contribution in [0.5, 0.6) is 0 Å². The Morgan fingerprint density at radius 3 is 1.89 bits per heavy atom. The van der Waals surface area contributed by atoms with Gasteiger partial charge in [-0.3, -0.25) is 0 Å². The molecule has 63 heavy (non-hydrogen) atoms. The van der Waals surface area contributed by atoms with Gasteiger partial charge in [0, 0.05) is 39.2 Å². The summed E-state index contributed by atoms with van der Waals surface area (Å²) in [5.74, 6) is 0. The van der Waals surface area contributed by atoms with Crippen LogP contribution in [0.15, 0.2) is 231 Å². The van der Waals surface area contributed by atoms with E-state index >= 15 is 0 Å². The fourth-order valence-electron chi connectivity index (χ4n) is 10.9. The van der Waals surface area contributed by atoms with Gasteiger partial charge in [-0.15, -0.1) is 0 Å². The predicted octanol–water partition coefficient (Wildman–Crippen LogP) is 15.7. The van der Waals surface area contributed by atoms with Gasteiger partial charge in [0.05, 0.1) is 11.5 Å². The molecule has 2 nitrogen and oxygen atoms in total. The molecule has 8 aromatic carbocycles. The average Bonchev–Trinajstić information content (AvgIpc) is 3.86. The maximum absolute atomic E-state index is 2.60. The van der Waals surface area contributed by atoms with Crippen molar-refractivity contribution in [2.45, 2.75) is 30.7 Å². The van der Waals surface area contributed by atoms with Crippen LogP contribution in [-0.2, 0) is 11.8 Å². The van der Waals surface area contributed by atoms with Crippen molar-refractivity contribution in [1.29, 1.82) is 0 Å². The van der Waals surface area contributed by atoms with Crippen molar-refractivity contribution in [3.63, 3.8) is 0 Å². The summed E-state index contributed by atoms with van der Waals surface area (Å²) in [6.45, 7) is 0. The number of hydrogen-bond acceptors (Lipinski definition) is 1. The van der Waals surface area contributed by atoms with Crippen molar-refractivity contribution in [2.24, 2.45) is 0 Å². The lowest BCUT2D eigenvalue weighted by molar-refractivity contribution is 0.599. The number of benzene rings is 8. The topological polar surface area (TPSA) is 8.17 Å². The molecular formula is C61H46N2. The third-order valence-electron chi connectivity index (χ3n) is 13.7. The van der Waals surface area contributed by atoms with Crippen molar-refractivity contribution in [3.8, 4) is 22.3 Å². The lowest BCUT2D eigenvalue weighted by Crippen LogP contribution is -2.28. The highest BCUT2D eigenvalue weighted by molar-refractivity contribution is 5.98. The van der Waals surface area contributed by atoms with E-state index in [0.717, 1.165) is 36.3 Å². The van der Waals surface area contributed by atoms with E-state index in [2.05, 4.69) is 246 Å². The van der Waals surface area contributed by atoms with Gasteiger partial charge < -0.3 is 9.47 Å². The Bertz CT molecular complexity index is 3220. The van der Waals surface area contributed by atoms with E-state index < -0.39 is 5.41 Å². The second-order valence-electron chi connectivity index (χ2n) is 17.1. The Hall–Kier alpha value is -7.68. The van der Waals surface area contributed by atoms with E-state index in [-0.39, 0.29) is 0 Å². The minimum absolute atomic E-state index is 0.356. The van der Waals surface area contributed by atoms with Crippen LogP contribution in [0.4, 0.5) is 17.1 Å². The summed E-state index contributed by atoms with van der Waals surface area (Å²) in [5.41, 5.74) is 19.9. The smallest absolute Gasteiger partial charge is 0.0713 e. The van der Waals surface area contributed by atoms with Gasteiger partial charge in [0.25, 0.3) is 0 Å². The van der Waals surface area contributed by atoms with Gasteiger partial charge in [-0.2, -0.15) is 0 Å². The standard InChI is InChI=1S/C61H46N2/c1-5-22-47(23-6-1)61(48-24-7-2-8-25-48)57-33-15-13-31-53(57)55-42-52(36-37-58(55)61)62(49-26-9-3-10-27-49)51-30-18-21-45(40-51)43-19-17-20-44(39-43)46-35-38-60-56(41-46)54-32-14-16-34-59(54)63(60)50-28-11-4-12-29-50/h1-28,30-34,36-37,39-42,50H,29,35,38H2. The molecule has 2 heteroatoms. The number of nitrogens with zero attached hydrogens (tertiary/aromatic N) is 2. The molecule has 0 saturated heterocycles. The lowest BCUT2D eigenvalue weighted by Gasteiger charge is -2.34. The number of fused-ring (bicyclic) bond motifs is 6. The molecule has 1 aromatic heterocycles. The van der Waals surface area contributed by atoms with E-state index in [1.807, 2.05) is 0 Å². The van der Waals surface area contributed by atoms with Crippen LogP contribution < -0.4 is 4.90 Å². The molecule has 0 saturated carbocycles. The van der Waals surface area contributed by atoms with Crippen molar-refractivity contribution in [2.75, 3.05) is 4.90 Å². The number of hydrogen-bond donors (Lipinski definition) is 0. The van der Waals surface area contributed by atoms with Crippen molar-refractivity contribution >= 4 is 39.6 Å². The Morgan fingerprint density at radius 1 is 0.476 bits per heavy atom. The van der Waals surface area contributed by atoms with E-state index in [4.69, 9.17) is 0 Å².